The molecule has 2 N–H and O–H groups in total. The van der Waals surface area contributed by atoms with Crippen LogP contribution in [-0.2, 0) is 16.4 Å². The number of unbranched alkanes of at least 4 members (excludes halogenated alkanes) is 1. The molecule has 2 aromatic heterocycles. The number of fused-ring (bicyclic) bond motifs is 1. The van der Waals surface area contributed by atoms with Crippen molar-refractivity contribution in [1.29, 1.82) is 0 Å². The molecule has 0 aliphatic carbocycles. The first-order chi connectivity index (χ1) is 8.46. The molecule has 0 amide bonds. The Morgan fingerprint density at radius 2 is 2.17 bits per heavy atom. The fourth-order valence-corrected chi connectivity index (χ4v) is 2.43. The molecule has 0 saturated heterocycles. The Morgan fingerprint density at radius 1 is 1.39 bits per heavy atom. The van der Waals surface area contributed by atoms with E-state index in [0.717, 1.165) is 29.7 Å². The van der Waals surface area contributed by atoms with Crippen molar-refractivity contribution in [2.24, 2.45) is 5.14 Å². The third kappa shape index (κ3) is 3.27. The minimum absolute atomic E-state index is 0.0272. The lowest BCUT2D eigenvalue weighted by atomic mass is 10.1. The Labute approximate surface area is 106 Å². The van der Waals surface area contributed by atoms with Gasteiger partial charge in [0, 0.05) is 12.4 Å². The lowest BCUT2D eigenvalue weighted by Gasteiger charge is -2.05. The molecule has 2 heterocycles. The topological polar surface area (TPSA) is 90.3 Å². The van der Waals surface area contributed by atoms with Gasteiger partial charge in [-0.3, -0.25) is 0 Å². The maximum atomic E-state index is 10.8. The number of aryl methyl sites for hydroxylation is 2. The largest absolute Gasteiger partial charge is 0.236 e. The first kappa shape index (κ1) is 13.0. The van der Waals surface area contributed by atoms with Gasteiger partial charge < -0.3 is 0 Å². The molecule has 2 rings (SSSR count). The van der Waals surface area contributed by atoms with E-state index >= 15 is 0 Å². The number of hydrogen-bond donors (Lipinski definition) is 1. The molecule has 7 heteroatoms. The van der Waals surface area contributed by atoms with E-state index in [1.165, 1.54) is 0 Å². The number of aromatic nitrogens is 3. The second-order valence-electron chi connectivity index (χ2n) is 4.33. The molecule has 0 saturated carbocycles. The molecule has 0 fully saturated rings. The normalized spacial score (nSPS) is 12.1. The summed E-state index contributed by atoms with van der Waals surface area (Å²) in [5, 5.41) is 9.39. The number of hydrogen-bond acceptors (Lipinski definition) is 4. The fourth-order valence-electron chi connectivity index (χ4n) is 1.83. The van der Waals surface area contributed by atoms with Gasteiger partial charge in [0.1, 0.15) is 0 Å². The zero-order valence-corrected chi connectivity index (χ0v) is 11.0. The lowest BCUT2D eigenvalue weighted by Crippen LogP contribution is -2.16. The highest BCUT2D eigenvalue weighted by Gasteiger charge is 2.06. The maximum Gasteiger partial charge on any atom is 0.209 e. The van der Waals surface area contributed by atoms with Crippen LogP contribution in [-0.4, -0.2) is 28.8 Å². The van der Waals surface area contributed by atoms with Crippen LogP contribution in [0.25, 0.3) is 5.65 Å². The third-order valence-electron chi connectivity index (χ3n) is 2.77. The lowest BCUT2D eigenvalue weighted by molar-refractivity contribution is 0.592. The average Bonchev–Trinajstić information content (AvgIpc) is 2.70. The zero-order valence-electron chi connectivity index (χ0n) is 10.2. The molecule has 0 spiro atoms. The Hall–Kier alpha value is -1.47. The predicted octanol–water partition coefficient (Wildman–Crippen LogP) is 0.649. The molecule has 0 aliphatic rings. The quantitative estimate of drug-likeness (QED) is 0.806. The molecular weight excluding hydrogens is 252 g/mol. The highest BCUT2D eigenvalue weighted by molar-refractivity contribution is 7.89. The van der Waals surface area contributed by atoms with Crippen molar-refractivity contribution < 1.29 is 8.42 Å². The van der Waals surface area contributed by atoms with Gasteiger partial charge in [0.15, 0.2) is 5.65 Å². The molecule has 0 radical (unpaired) electrons. The number of sulfonamides is 1. The molecule has 0 unspecified atom stereocenters. The maximum absolute atomic E-state index is 10.8. The number of rotatable bonds is 5. The van der Waals surface area contributed by atoms with Crippen molar-refractivity contribution in [3.05, 3.63) is 29.7 Å². The SMILES string of the molecule is Cc1cc2nccn2nc1CCCCS(N)(=O)=O. The zero-order chi connectivity index (χ0) is 13.2. The second kappa shape index (κ2) is 5.03. The van der Waals surface area contributed by atoms with Gasteiger partial charge in [-0.1, -0.05) is 0 Å². The van der Waals surface area contributed by atoms with Gasteiger partial charge in [0.2, 0.25) is 10.0 Å². The van der Waals surface area contributed by atoms with Gasteiger partial charge in [-0.25, -0.2) is 23.1 Å². The summed E-state index contributed by atoms with van der Waals surface area (Å²) in [6, 6.07) is 1.97. The molecule has 98 valence electrons. The summed E-state index contributed by atoms with van der Waals surface area (Å²) in [6.45, 7) is 1.98. The first-order valence-electron chi connectivity index (χ1n) is 5.76. The summed E-state index contributed by atoms with van der Waals surface area (Å²) in [5.74, 6) is 0.0272. The van der Waals surface area contributed by atoms with E-state index in [2.05, 4.69) is 10.1 Å². The number of nitrogens with zero attached hydrogens (tertiary/aromatic N) is 3. The van der Waals surface area contributed by atoms with Gasteiger partial charge in [-0.05, 0) is 37.8 Å². The summed E-state index contributed by atoms with van der Waals surface area (Å²) in [4.78, 5) is 4.15. The predicted molar refractivity (Wildman–Crippen MR) is 68.6 cm³/mol. The van der Waals surface area contributed by atoms with Gasteiger partial charge in [0.05, 0.1) is 11.4 Å². The molecule has 0 aromatic carbocycles. The van der Waals surface area contributed by atoms with Crippen molar-refractivity contribution in [3.63, 3.8) is 0 Å². The van der Waals surface area contributed by atoms with Crippen LogP contribution in [0.4, 0.5) is 0 Å². The van der Waals surface area contributed by atoms with Crippen LogP contribution in [0, 0.1) is 6.92 Å². The molecule has 2 aromatic rings. The van der Waals surface area contributed by atoms with Crippen LogP contribution in [0.3, 0.4) is 0 Å². The summed E-state index contributed by atoms with van der Waals surface area (Å²) in [5.41, 5.74) is 2.86. The van der Waals surface area contributed by atoms with Crippen LogP contribution < -0.4 is 5.14 Å². The molecule has 18 heavy (non-hydrogen) atoms. The monoisotopic (exact) mass is 268 g/mol. The Morgan fingerprint density at radius 3 is 2.89 bits per heavy atom. The fraction of sp³-hybridized carbons (Fsp3) is 0.455. The highest BCUT2D eigenvalue weighted by Crippen LogP contribution is 2.11. The van der Waals surface area contributed by atoms with E-state index in [0.29, 0.717) is 6.42 Å². The summed E-state index contributed by atoms with van der Waals surface area (Å²) >= 11 is 0. The first-order valence-corrected chi connectivity index (χ1v) is 7.47. The smallest absolute Gasteiger partial charge is 0.209 e. The summed E-state index contributed by atoms with van der Waals surface area (Å²) in [7, 11) is -3.35. The Kier molecular flexibility index (Phi) is 3.63. The van der Waals surface area contributed by atoms with Gasteiger partial charge in [0.25, 0.3) is 0 Å². The van der Waals surface area contributed by atoms with Crippen LogP contribution in [0.2, 0.25) is 0 Å². The molecule has 0 aliphatic heterocycles. The van der Waals surface area contributed by atoms with Gasteiger partial charge in [-0.2, -0.15) is 5.10 Å². The van der Waals surface area contributed by atoms with Crippen LogP contribution in [0.5, 0.6) is 0 Å². The van der Waals surface area contributed by atoms with Crippen molar-refractivity contribution >= 4 is 15.7 Å². The van der Waals surface area contributed by atoms with Crippen molar-refractivity contribution in [2.45, 2.75) is 26.2 Å². The van der Waals surface area contributed by atoms with Crippen molar-refractivity contribution in [2.75, 3.05) is 5.75 Å². The number of nitrogens with two attached hydrogens (primary N) is 1. The van der Waals surface area contributed by atoms with Crippen molar-refractivity contribution in [1.82, 2.24) is 14.6 Å². The van der Waals surface area contributed by atoms with Crippen molar-refractivity contribution in [3.8, 4) is 0 Å². The molecule has 0 bridgehead atoms. The van der Waals surface area contributed by atoms with E-state index in [-0.39, 0.29) is 5.75 Å². The third-order valence-corrected chi connectivity index (χ3v) is 3.63. The van der Waals surface area contributed by atoms with Crippen LogP contribution in [0.15, 0.2) is 18.5 Å². The van der Waals surface area contributed by atoms with Gasteiger partial charge in [-0.15, -0.1) is 0 Å². The van der Waals surface area contributed by atoms with E-state index in [4.69, 9.17) is 5.14 Å². The number of imidazole rings is 1. The second-order valence-corrected chi connectivity index (χ2v) is 6.06. The minimum Gasteiger partial charge on any atom is -0.236 e. The van der Waals surface area contributed by atoms with E-state index in [1.807, 2.05) is 13.0 Å². The van der Waals surface area contributed by atoms with Crippen LogP contribution in [0.1, 0.15) is 24.1 Å². The standard InChI is InChI=1S/C11H16N4O2S/c1-9-8-11-13-5-6-15(11)14-10(9)4-2-3-7-18(12,16)17/h5-6,8H,2-4,7H2,1H3,(H2,12,16,17). The number of primary sulfonamides is 1. The van der Waals surface area contributed by atoms with Gasteiger partial charge >= 0.3 is 0 Å². The summed E-state index contributed by atoms with van der Waals surface area (Å²) in [6.07, 6.45) is 5.55. The molecular formula is C11H16N4O2S. The average molecular weight is 268 g/mol. The van der Waals surface area contributed by atoms with Crippen LogP contribution >= 0.6 is 0 Å². The van der Waals surface area contributed by atoms with E-state index < -0.39 is 10.0 Å². The molecule has 0 atom stereocenters. The minimum atomic E-state index is -3.35. The highest BCUT2D eigenvalue weighted by atomic mass is 32.2. The molecule has 6 nitrogen and oxygen atoms in total. The summed E-state index contributed by atoms with van der Waals surface area (Å²) < 4.78 is 23.3. The van der Waals surface area contributed by atoms with E-state index in [1.54, 1.807) is 16.9 Å². The van der Waals surface area contributed by atoms with E-state index in [9.17, 15) is 8.42 Å². The Balaban J connectivity index is 2.01. The Bertz CT molecular complexity index is 648.